The Hall–Kier alpha value is -1.55. The number of ether oxygens (including phenoxy) is 1. The van der Waals surface area contributed by atoms with Gasteiger partial charge < -0.3 is 9.53 Å². The summed E-state index contributed by atoms with van der Waals surface area (Å²) in [6.07, 6.45) is 1.40. The van der Waals surface area contributed by atoms with Crippen molar-refractivity contribution in [3.63, 3.8) is 0 Å². The van der Waals surface area contributed by atoms with Crippen molar-refractivity contribution in [2.75, 3.05) is 5.32 Å². The van der Waals surface area contributed by atoms with E-state index in [1.54, 1.807) is 32.9 Å². The van der Waals surface area contributed by atoms with E-state index in [4.69, 9.17) is 16.3 Å². The summed E-state index contributed by atoms with van der Waals surface area (Å²) in [6, 6.07) is 5.26. The lowest BCUT2D eigenvalue weighted by atomic mass is 10.1. The minimum atomic E-state index is -0.555. The Morgan fingerprint density at radius 3 is 2.63 bits per heavy atom. The Labute approximate surface area is 118 Å². The third-order valence-corrected chi connectivity index (χ3v) is 2.53. The van der Waals surface area contributed by atoms with Crippen molar-refractivity contribution in [3.05, 3.63) is 28.8 Å². The van der Waals surface area contributed by atoms with E-state index in [1.807, 2.05) is 6.07 Å². The number of anilines is 1. The summed E-state index contributed by atoms with van der Waals surface area (Å²) < 4.78 is 5.14. The number of amides is 1. The quantitative estimate of drug-likeness (QED) is 0.855. The van der Waals surface area contributed by atoms with Gasteiger partial charge in [0.2, 0.25) is 0 Å². The van der Waals surface area contributed by atoms with E-state index in [0.29, 0.717) is 23.6 Å². The van der Waals surface area contributed by atoms with Crippen LogP contribution in [0.5, 0.6) is 0 Å². The van der Waals surface area contributed by atoms with Crippen LogP contribution in [-0.2, 0) is 16.0 Å². The molecule has 1 N–H and O–H groups in total. The molecule has 1 aromatic carbocycles. The van der Waals surface area contributed by atoms with Crippen LogP contribution in [0.25, 0.3) is 0 Å². The third-order valence-electron chi connectivity index (χ3n) is 2.22. The van der Waals surface area contributed by atoms with Crippen LogP contribution in [0.3, 0.4) is 0 Å². The molecular formula is C14H18ClNO3. The zero-order valence-electron chi connectivity index (χ0n) is 11.3. The van der Waals surface area contributed by atoms with E-state index in [9.17, 15) is 9.59 Å². The van der Waals surface area contributed by atoms with Crippen LogP contribution in [0.15, 0.2) is 18.2 Å². The molecule has 19 heavy (non-hydrogen) atoms. The molecule has 0 aliphatic carbocycles. The zero-order chi connectivity index (χ0) is 14.5. The molecule has 0 saturated carbocycles. The number of aryl methyl sites for hydroxylation is 1. The number of halogens is 1. The second-order valence-corrected chi connectivity index (χ2v) is 5.55. The lowest BCUT2D eigenvalue weighted by Gasteiger charge is -2.20. The normalized spacial score (nSPS) is 10.9. The summed E-state index contributed by atoms with van der Waals surface area (Å²) in [6.45, 7) is 5.37. The van der Waals surface area contributed by atoms with Crippen molar-refractivity contribution in [1.82, 2.24) is 0 Å². The van der Waals surface area contributed by atoms with Gasteiger partial charge in [0.15, 0.2) is 0 Å². The van der Waals surface area contributed by atoms with Crippen molar-refractivity contribution in [1.29, 1.82) is 0 Å². The Bertz CT molecular complexity index is 466. The number of benzene rings is 1. The number of hydrogen-bond donors (Lipinski definition) is 1. The first-order valence-electron chi connectivity index (χ1n) is 6.04. The van der Waals surface area contributed by atoms with Crippen molar-refractivity contribution in [3.8, 4) is 0 Å². The van der Waals surface area contributed by atoms with E-state index < -0.39 is 11.7 Å². The molecular weight excluding hydrogens is 266 g/mol. The highest BCUT2D eigenvalue weighted by Crippen LogP contribution is 2.24. The Morgan fingerprint density at radius 1 is 1.42 bits per heavy atom. The van der Waals surface area contributed by atoms with Crippen molar-refractivity contribution < 1.29 is 14.3 Å². The predicted octanol–water partition coefficient (Wildman–Crippen LogP) is 3.82. The summed E-state index contributed by atoms with van der Waals surface area (Å²) in [7, 11) is 0. The number of aldehydes is 1. The predicted molar refractivity (Wildman–Crippen MR) is 75.7 cm³/mol. The number of hydrogen-bond acceptors (Lipinski definition) is 3. The van der Waals surface area contributed by atoms with Gasteiger partial charge in [-0.05, 0) is 44.9 Å². The smallest absolute Gasteiger partial charge is 0.412 e. The van der Waals surface area contributed by atoms with Crippen LogP contribution < -0.4 is 5.32 Å². The van der Waals surface area contributed by atoms with Crippen LogP contribution in [0.2, 0.25) is 5.02 Å². The van der Waals surface area contributed by atoms with Gasteiger partial charge in [-0.2, -0.15) is 0 Å². The lowest BCUT2D eigenvalue weighted by Crippen LogP contribution is -2.27. The van der Waals surface area contributed by atoms with Gasteiger partial charge in [-0.1, -0.05) is 17.7 Å². The molecule has 1 aromatic rings. The molecule has 5 heteroatoms. The average Bonchev–Trinajstić information content (AvgIpc) is 2.27. The molecule has 0 saturated heterocycles. The molecule has 1 rings (SSSR count). The molecule has 0 spiro atoms. The molecule has 0 aliphatic heterocycles. The summed E-state index contributed by atoms with van der Waals surface area (Å²) in [5, 5.41) is 3.01. The van der Waals surface area contributed by atoms with Gasteiger partial charge >= 0.3 is 6.09 Å². The van der Waals surface area contributed by atoms with E-state index in [1.165, 1.54) is 0 Å². The van der Waals surface area contributed by atoms with Gasteiger partial charge in [-0.25, -0.2) is 4.79 Å². The first-order valence-corrected chi connectivity index (χ1v) is 6.41. The highest BCUT2D eigenvalue weighted by Gasteiger charge is 2.17. The van der Waals surface area contributed by atoms with Crippen LogP contribution in [0.4, 0.5) is 10.5 Å². The third kappa shape index (κ3) is 5.75. The van der Waals surface area contributed by atoms with E-state index in [2.05, 4.69) is 5.32 Å². The first-order chi connectivity index (χ1) is 8.81. The summed E-state index contributed by atoms with van der Waals surface area (Å²) in [5.74, 6) is 0. The molecule has 0 aliphatic rings. The van der Waals surface area contributed by atoms with Gasteiger partial charge in [-0.15, -0.1) is 0 Å². The van der Waals surface area contributed by atoms with Gasteiger partial charge in [0.25, 0.3) is 0 Å². The van der Waals surface area contributed by atoms with E-state index >= 15 is 0 Å². The second-order valence-electron chi connectivity index (χ2n) is 5.15. The number of nitrogens with one attached hydrogen (secondary N) is 1. The van der Waals surface area contributed by atoms with Crippen molar-refractivity contribution in [2.45, 2.75) is 39.2 Å². The van der Waals surface area contributed by atoms with E-state index in [-0.39, 0.29) is 0 Å². The average molecular weight is 284 g/mol. The molecule has 4 nitrogen and oxygen atoms in total. The monoisotopic (exact) mass is 283 g/mol. The molecule has 0 bridgehead atoms. The largest absolute Gasteiger partial charge is 0.444 e. The number of carbonyl (C=O) groups is 2. The summed E-state index contributed by atoms with van der Waals surface area (Å²) >= 11 is 6.07. The van der Waals surface area contributed by atoms with Crippen LogP contribution >= 0.6 is 11.6 Å². The Kier molecular flexibility index (Phi) is 5.36. The van der Waals surface area contributed by atoms with Gasteiger partial charge in [0, 0.05) is 6.42 Å². The number of rotatable bonds is 4. The zero-order valence-corrected chi connectivity index (χ0v) is 12.1. The minimum absolute atomic E-state index is 0.425. The van der Waals surface area contributed by atoms with Crippen LogP contribution in [0.1, 0.15) is 32.8 Å². The first kappa shape index (κ1) is 15.5. The van der Waals surface area contributed by atoms with Gasteiger partial charge in [-0.3, -0.25) is 5.32 Å². The van der Waals surface area contributed by atoms with E-state index in [0.717, 1.165) is 11.8 Å². The molecule has 0 atom stereocenters. The minimum Gasteiger partial charge on any atom is -0.444 e. The maximum Gasteiger partial charge on any atom is 0.412 e. The molecule has 0 aromatic heterocycles. The molecule has 0 fully saturated rings. The summed E-state index contributed by atoms with van der Waals surface area (Å²) in [5.41, 5.74) is 0.887. The highest BCUT2D eigenvalue weighted by molar-refractivity contribution is 6.33. The number of carbonyl (C=O) groups excluding carboxylic acids is 2. The molecule has 0 heterocycles. The Balaban J connectivity index is 2.69. The van der Waals surface area contributed by atoms with Crippen molar-refractivity contribution in [2.24, 2.45) is 0 Å². The van der Waals surface area contributed by atoms with Gasteiger partial charge in [0.1, 0.15) is 11.9 Å². The second kappa shape index (κ2) is 6.57. The molecule has 0 unspecified atom stereocenters. The fraction of sp³-hybridized carbons (Fsp3) is 0.429. The van der Waals surface area contributed by atoms with Gasteiger partial charge in [0.05, 0.1) is 10.7 Å². The van der Waals surface area contributed by atoms with Crippen LogP contribution in [0, 0.1) is 0 Å². The Morgan fingerprint density at radius 2 is 2.11 bits per heavy atom. The maximum absolute atomic E-state index is 11.6. The molecule has 0 radical (unpaired) electrons. The fourth-order valence-electron chi connectivity index (χ4n) is 1.45. The lowest BCUT2D eigenvalue weighted by molar-refractivity contribution is -0.107. The molecule has 1 amide bonds. The summed E-state index contributed by atoms with van der Waals surface area (Å²) in [4.78, 5) is 21.9. The van der Waals surface area contributed by atoms with Crippen molar-refractivity contribution >= 4 is 29.7 Å². The standard InChI is InChI=1S/C14H18ClNO3/c1-14(2,3)19-13(18)16-12-7-6-10(5-4-8-17)9-11(12)15/h6-9H,4-5H2,1-3H3,(H,16,18). The van der Waals surface area contributed by atoms with Crippen LogP contribution in [-0.4, -0.2) is 18.0 Å². The maximum atomic E-state index is 11.6. The molecule has 104 valence electrons. The fourth-order valence-corrected chi connectivity index (χ4v) is 1.71. The highest BCUT2D eigenvalue weighted by atomic mass is 35.5. The SMILES string of the molecule is CC(C)(C)OC(=O)Nc1ccc(CCC=O)cc1Cl. The topological polar surface area (TPSA) is 55.4 Å².